The molecule has 222 valence electrons. The summed E-state index contributed by atoms with van der Waals surface area (Å²) in [5.41, 5.74) is 5.17. The van der Waals surface area contributed by atoms with Crippen LogP contribution in [0.4, 0.5) is 0 Å². The monoisotopic (exact) mass is 620 g/mol. The molecule has 0 saturated carbocycles. The van der Waals surface area contributed by atoms with Gasteiger partial charge in [-0.3, -0.25) is 9.59 Å². The van der Waals surface area contributed by atoms with Crippen LogP contribution in [0.3, 0.4) is 0 Å². The summed E-state index contributed by atoms with van der Waals surface area (Å²) in [6.45, 7) is 2.81. The van der Waals surface area contributed by atoms with E-state index >= 15 is 0 Å². The van der Waals surface area contributed by atoms with Crippen molar-refractivity contribution in [2.45, 2.75) is 44.1 Å². The van der Waals surface area contributed by atoms with E-state index in [0.717, 1.165) is 27.3 Å². The van der Waals surface area contributed by atoms with Crippen molar-refractivity contribution >= 4 is 40.6 Å². The predicted molar refractivity (Wildman–Crippen MR) is 175 cm³/mol. The Bertz CT molecular complexity index is 1740. The third-order valence-corrected chi connectivity index (χ3v) is 9.26. The van der Waals surface area contributed by atoms with Gasteiger partial charge in [0.25, 0.3) is 5.91 Å². The van der Waals surface area contributed by atoms with E-state index in [0.29, 0.717) is 23.9 Å². The zero-order valence-electron chi connectivity index (χ0n) is 24.3. The van der Waals surface area contributed by atoms with Gasteiger partial charge in [-0.15, -0.1) is 21.5 Å². The molecule has 0 spiro atoms. The van der Waals surface area contributed by atoms with Gasteiger partial charge in [-0.25, -0.2) is 5.01 Å². The topological polar surface area (TPSA) is 92.5 Å². The molecule has 6 rings (SSSR count). The van der Waals surface area contributed by atoms with Crippen LogP contribution in [0.15, 0.2) is 113 Å². The van der Waals surface area contributed by atoms with Crippen LogP contribution in [0.1, 0.15) is 45.4 Å². The lowest BCUT2D eigenvalue weighted by Crippen LogP contribution is -2.29. The van der Waals surface area contributed by atoms with Crippen molar-refractivity contribution in [2.75, 3.05) is 5.75 Å². The maximum Gasteiger partial charge on any atom is 0.253 e. The molecule has 1 aliphatic rings. The number of nitrogens with zero attached hydrogens (tertiary/aromatic N) is 5. The molecule has 0 saturated heterocycles. The molecule has 1 N–H and O–H groups in total. The second-order valence-electron chi connectivity index (χ2n) is 10.6. The summed E-state index contributed by atoms with van der Waals surface area (Å²) in [7, 11) is 0. The Balaban J connectivity index is 1.19. The standard InChI is InChI=1S/C34H32N6O2S2/c1-24-14-16-27(17-15-24)29-20-28(30-13-8-18-43-30)38-40(29)33(42)23-44-34-37-36-31(39(34)22-26-11-6-3-7-12-26)21-35-32(41)19-25-9-4-2-5-10-25/h2-18,29H,19-23H2,1H3,(H,35,41)/t29-/m0/s1. The number of nitrogens with one attached hydrogen (secondary N) is 1. The lowest BCUT2D eigenvalue weighted by Gasteiger charge is -2.22. The van der Waals surface area contributed by atoms with Crippen LogP contribution in [0.5, 0.6) is 0 Å². The molecule has 1 aliphatic heterocycles. The van der Waals surface area contributed by atoms with Crippen LogP contribution in [-0.2, 0) is 29.1 Å². The van der Waals surface area contributed by atoms with E-state index in [1.54, 1.807) is 16.3 Å². The molecule has 3 aromatic carbocycles. The van der Waals surface area contributed by atoms with E-state index in [4.69, 9.17) is 5.10 Å². The molecule has 0 fully saturated rings. The molecular formula is C34H32N6O2S2. The van der Waals surface area contributed by atoms with Crippen LogP contribution in [0.25, 0.3) is 0 Å². The van der Waals surface area contributed by atoms with Gasteiger partial charge >= 0.3 is 0 Å². The summed E-state index contributed by atoms with van der Waals surface area (Å²) in [6, 6.07) is 31.8. The number of thiophene rings is 1. The Labute approximate surface area is 264 Å². The maximum atomic E-state index is 13.7. The minimum atomic E-state index is -0.168. The summed E-state index contributed by atoms with van der Waals surface area (Å²) in [6.07, 6.45) is 0.951. The van der Waals surface area contributed by atoms with Gasteiger partial charge in [0.15, 0.2) is 11.0 Å². The molecule has 0 bridgehead atoms. The van der Waals surface area contributed by atoms with E-state index < -0.39 is 0 Å². The van der Waals surface area contributed by atoms with Gasteiger partial charge in [0.05, 0.1) is 41.9 Å². The van der Waals surface area contributed by atoms with Gasteiger partial charge in [0.2, 0.25) is 5.91 Å². The first-order chi connectivity index (χ1) is 21.5. The first-order valence-corrected chi connectivity index (χ1v) is 16.3. The minimum absolute atomic E-state index is 0.0922. The molecule has 5 aromatic rings. The average molecular weight is 621 g/mol. The zero-order valence-corrected chi connectivity index (χ0v) is 25.9. The van der Waals surface area contributed by atoms with Gasteiger partial charge in [0, 0.05) is 6.42 Å². The van der Waals surface area contributed by atoms with Gasteiger partial charge < -0.3 is 9.88 Å². The van der Waals surface area contributed by atoms with E-state index in [1.165, 1.54) is 17.3 Å². The second-order valence-corrected chi connectivity index (χ2v) is 12.5. The number of rotatable bonds is 11. The fourth-order valence-electron chi connectivity index (χ4n) is 5.08. The average Bonchev–Trinajstić information content (AvgIpc) is 3.81. The van der Waals surface area contributed by atoms with Crippen LogP contribution >= 0.6 is 23.1 Å². The quantitative estimate of drug-likeness (QED) is 0.182. The number of carbonyl (C=O) groups is 2. The van der Waals surface area contributed by atoms with Gasteiger partial charge in [-0.05, 0) is 35.1 Å². The molecule has 0 radical (unpaired) electrons. The van der Waals surface area contributed by atoms with Crippen molar-refractivity contribution in [3.63, 3.8) is 0 Å². The highest BCUT2D eigenvalue weighted by Crippen LogP contribution is 2.35. The van der Waals surface area contributed by atoms with Crippen molar-refractivity contribution < 1.29 is 9.59 Å². The molecular weight excluding hydrogens is 589 g/mol. The molecule has 10 heteroatoms. The van der Waals surface area contributed by atoms with E-state index in [9.17, 15) is 9.59 Å². The molecule has 1 atom stereocenters. The van der Waals surface area contributed by atoms with Crippen molar-refractivity contribution in [2.24, 2.45) is 5.10 Å². The summed E-state index contributed by atoms with van der Waals surface area (Å²) in [5.74, 6) is 0.586. The number of amides is 2. The number of aryl methyl sites for hydroxylation is 1. The SMILES string of the molecule is Cc1ccc([C@@H]2CC(c3cccs3)=NN2C(=O)CSc2nnc(CNC(=O)Cc3ccccc3)n2Cc2ccccc2)cc1. The van der Waals surface area contributed by atoms with Gasteiger partial charge in [-0.1, -0.05) is 108 Å². The molecule has 2 amide bonds. The third-order valence-electron chi connectivity index (χ3n) is 7.39. The molecule has 8 nitrogen and oxygen atoms in total. The van der Waals surface area contributed by atoms with Gasteiger partial charge in [0.1, 0.15) is 0 Å². The Kier molecular flexibility index (Phi) is 9.28. The first kappa shape index (κ1) is 29.5. The Hall–Kier alpha value is -4.54. The van der Waals surface area contributed by atoms with Crippen molar-refractivity contribution in [3.05, 3.63) is 135 Å². The van der Waals surface area contributed by atoms with E-state index in [-0.39, 0.29) is 36.6 Å². The van der Waals surface area contributed by atoms with Gasteiger partial charge in [-0.2, -0.15) is 5.10 Å². The Morgan fingerprint density at radius 1 is 0.909 bits per heavy atom. The normalized spacial score (nSPS) is 14.4. The smallest absolute Gasteiger partial charge is 0.253 e. The fraction of sp³-hybridized carbons (Fsp3) is 0.206. The van der Waals surface area contributed by atoms with Crippen molar-refractivity contribution in [1.82, 2.24) is 25.1 Å². The van der Waals surface area contributed by atoms with Crippen LogP contribution in [0.2, 0.25) is 0 Å². The highest BCUT2D eigenvalue weighted by atomic mass is 32.2. The fourth-order valence-corrected chi connectivity index (χ4v) is 6.61. The van der Waals surface area contributed by atoms with E-state index in [1.807, 2.05) is 82.7 Å². The lowest BCUT2D eigenvalue weighted by molar-refractivity contribution is -0.130. The highest BCUT2D eigenvalue weighted by Gasteiger charge is 2.33. The van der Waals surface area contributed by atoms with Crippen LogP contribution in [0, 0.1) is 6.92 Å². The number of carbonyl (C=O) groups excluding carboxylic acids is 2. The molecule has 2 aromatic heterocycles. The summed E-state index contributed by atoms with van der Waals surface area (Å²) in [4.78, 5) is 27.5. The lowest BCUT2D eigenvalue weighted by atomic mass is 10.00. The zero-order chi connectivity index (χ0) is 30.3. The number of hydrogen-bond acceptors (Lipinski definition) is 7. The number of hydrogen-bond donors (Lipinski definition) is 1. The molecule has 3 heterocycles. The summed E-state index contributed by atoms with van der Waals surface area (Å²) < 4.78 is 1.97. The predicted octanol–water partition coefficient (Wildman–Crippen LogP) is 6.03. The second kappa shape index (κ2) is 13.8. The van der Waals surface area contributed by atoms with Crippen molar-refractivity contribution in [1.29, 1.82) is 0 Å². The number of thioether (sulfide) groups is 1. The molecule has 0 unspecified atom stereocenters. The molecule has 0 aliphatic carbocycles. The summed E-state index contributed by atoms with van der Waals surface area (Å²) in [5, 5.41) is 20.9. The number of benzene rings is 3. The Morgan fingerprint density at radius 3 is 2.34 bits per heavy atom. The maximum absolute atomic E-state index is 13.7. The minimum Gasteiger partial charge on any atom is -0.349 e. The van der Waals surface area contributed by atoms with Crippen molar-refractivity contribution in [3.8, 4) is 0 Å². The van der Waals surface area contributed by atoms with Crippen LogP contribution in [-0.4, -0.2) is 43.1 Å². The summed E-state index contributed by atoms with van der Waals surface area (Å²) >= 11 is 2.97. The van der Waals surface area contributed by atoms with Crippen LogP contribution < -0.4 is 5.32 Å². The Morgan fingerprint density at radius 2 is 1.64 bits per heavy atom. The first-order valence-electron chi connectivity index (χ1n) is 14.4. The number of hydrazone groups is 1. The third kappa shape index (κ3) is 7.15. The van der Waals surface area contributed by atoms with E-state index in [2.05, 4.69) is 46.7 Å². The molecule has 44 heavy (non-hydrogen) atoms. The number of aromatic nitrogens is 3. The highest BCUT2D eigenvalue weighted by molar-refractivity contribution is 7.99. The largest absolute Gasteiger partial charge is 0.349 e.